The quantitative estimate of drug-likeness (QED) is 0.197. The van der Waals surface area contributed by atoms with Crippen LogP contribution in [0.2, 0.25) is 0 Å². The average molecular weight is 682 g/mol. The van der Waals surface area contributed by atoms with Gasteiger partial charge in [-0.05, 0) is 78.6 Å². The van der Waals surface area contributed by atoms with Crippen molar-refractivity contribution < 1.29 is 33.6 Å². The van der Waals surface area contributed by atoms with Crippen LogP contribution in [0.3, 0.4) is 0 Å². The number of hydrogen-bond acceptors (Lipinski definition) is 8. The van der Waals surface area contributed by atoms with Crippen LogP contribution < -0.4 is 10.2 Å². The summed E-state index contributed by atoms with van der Waals surface area (Å²) in [5, 5.41) is 12.0. The van der Waals surface area contributed by atoms with Gasteiger partial charge in [0.15, 0.2) is 5.76 Å². The van der Waals surface area contributed by atoms with Gasteiger partial charge in [-0.2, -0.15) is 0 Å². The molecule has 3 aromatic carbocycles. The third-order valence-electron chi connectivity index (χ3n) is 10.7. The maximum Gasteiger partial charge on any atom is 0.288 e. The topological polar surface area (TPSA) is 110 Å². The molecular weight excluding hydrogens is 634 g/mol. The van der Waals surface area contributed by atoms with Gasteiger partial charge in [-0.3, -0.25) is 9.59 Å². The Morgan fingerprint density at radius 1 is 0.940 bits per heavy atom. The van der Waals surface area contributed by atoms with E-state index in [1.165, 1.54) is 27.8 Å². The fourth-order valence-electron chi connectivity index (χ4n) is 8.16. The lowest BCUT2D eigenvalue weighted by Crippen LogP contribution is -2.57. The molecule has 10 nitrogen and oxygen atoms in total. The summed E-state index contributed by atoms with van der Waals surface area (Å²) in [4.78, 5) is 31.6. The van der Waals surface area contributed by atoms with E-state index in [2.05, 4.69) is 52.7 Å². The second-order valence-electron chi connectivity index (χ2n) is 13.4. The number of carbonyl (C=O) groups excluding carboxylic acids is 2. The number of ether oxygens (including phenoxy) is 4. The van der Waals surface area contributed by atoms with Crippen molar-refractivity contribution in [3.63, 3.8) is 0 Å². The van der Waals surface area contributed by atoms with Crippen molar-refractivity contribution >= 4 is 17.5 Å². The normalized spacial score (nSPS) is 22.2. The van der Waals surface area contributed by atoms with Crippen LogP contribution in [0.5, 0.6) is 0 Å². The highest BCUT2D eigenvalue weighted by atomic mass is 16.7. The molecule has 4 aliphatic rings. The fraction of sp³-hybridized carbons (Fsp3) is 0.450. The molecule has 0 radical (unpaired) electrons. The second-order valence-corrected chi connectivity index (χ2v) is 13.4. The van der Waals surface area contributed by atoms with Gasteiger partial charge in [0.25, 0.3) is 5.91 Å². The van der Waals surface area contributed by atoms with Crippen molar-refractivity contribution in [1.82, 2.24) is 10.2 Å². The molecule has 0 saturated carbocycles. The first kappa shape index (κ1) is 34.2. The summed E-state index contributed by atoms with van der Waals surface area (Å²) in [6.45, 7) is 5.26. The van der Waals surface area contributed by atoms with Crippen molar-refractivity contribution in [3.05, 3.63) is 101 Å². The lowest BCUT2D eigenvalue weighted by molar-refractivity contribution is -0.172. The number of para-hydroxylation sites is 1. The number of carbonyl (C=O) groups is 2. The van der Waals surface area contributed by atoms with E-state index >= 15 is 0 Å². The number of aliphatic hydroxyl groups excluding tert-OH is 1. The molecule has 3 atom stereocenters. The first-order valence-electron chi connectivity index (χ1n) is 17.9. The summed E-state index contributed by atoms with van der Waals surface area (Å²) in [5.74, 6) is -0.120. The zero-order valence-electron chi connectivity index (χ0n) is 28.7. The molecule has 3 aromatic rings. The molecule has 0 aromatic heterocycles. The molecule has 1 aliphatic carbocycles. The van der Waals surface area contributed by atoms with Crippen LogP contribution in [-0.4, -0.2) is 93.0 Å². The SMILES string of the molecule is CCO[C@@H]1OC(C(=O)N2CCC3(CC2)C(=O)NCN3c2ccccc2)=C[C@H](c2cccc3c2Cc2ccccc2-3)[C@H]1CCOCCOCCO. The van der Waals surface area contributed by atoms with Gasteiger partial charge in [-0.15, -0.1) is 0 Å². The predicted octanol–water partition coefficient (Wildman–Crippen LogP) is 4.61. The zero-order chi connectivity index (χ0) is 34.5. The van der Waals surface area contributed by atoms with Crippen molar-refractivity contribution in [2.75, 3.05) is 64.3 Å². The van der Waals surface area contributed by atoms with Crippen LogP contribution in [0.4, 0.5) is 5.69 Å². The van der Waals surface area contributed by atoms with Gasteiger partial charge in [0.1, 0.15) is 5.54 Å². The van der Waals surface area contributed by atoms with Crippen LogP contribution in [0.1, 0.15) is 48.8 Å². The molecule has 2 saturated heterocycles. The highest BCUT2D eigenvalue weighted by Crippen LogP contribution is 2.46. The molecule has 3 aliphatic heterocycles. The Morgan fingerprint density at radius 3 is 2.46 bits per heavy atom. The van der Waals surface area contributed by atoms with E-state index in [0.29, 0.717) is 71.2 Å². The number of nitrogens with zero attached hydrogens (tertiary/aromatic N) is 2. The maximum absolute atomic E-state index is 14.3. The number of amides is 2. The van der Waals surface area contributed by atoms with Gasteiger partial charge in [0.05, 0.1) is 33.1 Å². The number of nitrogens with one attached hydrogen (secondary N) is 1. The van der Waals surface area contributed by atoms with Gasteiger partial charge in [-0.25, -0.2) is 0 Å². The lowest BCUT2D eigenvalue weighted by Gasteiger charge is -2.44. The van der Waals surface area contributed by atoms with Crippen molar-refractivity contribution in [2.24, 2.45) is 5.92 Å². The number of benzene rings is 3. The summed E-state index contributed by atoms with van der Waals surface area (Å²) in [6, 6.07) is 25.0. The molecule has 50 heavy (non-hydrogen) atoms. The van der Waals surface area contributed by atoms with E-state index in [0.717, 1.165) is 12.1 Å². The predicted molar refractivity (Wildman–Crippen MR) is 189 cm³/mol. The Balaban J connectivity index is 1.15. The molecule has 2 amide bonds. The molecule has 3 heterocycles. The number of fused-ring (bicyclic) bond motifs is 3. The van der Waals surface area contributed by atoms with Crippen LogP contribution in [0, 0.1) is 5.92 Å². The first-order valence-corrected chi connectivity index (χ1v) is 17.9. The minimum absolute atomic E-state index is 0.0157. The van der Waals surface area contributed by atoms with E-state index in [4.69, 9.17) is 24.1 Å². The molecule has 0 unspecified atom stereocenters. The van der Waals surface area contributed by atoms with Crippen LogP contribution in [0.15, 0.2) is 84.6 Å². The molecule has 264 valence electrons. The van der Waals surface area contributed by atoms with E-state index in [-0.39, 0.29) is 36.9 Å². The molecule has 1 spiro atoms. The maximum atomic E-state index is 14.3. The fourth-order valence-corrected chi connectivity index (χ4v) is 8.16. The van der Waals surface area contributed by atoms with Gasteiger partial charge >= 0.3 is 0 Å². The van der Waals surface area contributed by atoms with Crippen molar-refractivity contribution in [2.45, 2.75) is 50.4 Å². The van der Waals surface area contributed by atoms with Crippen LogP contribution >= 0.6 is 0 Å². The van der Waals surface area contributed by atoms with E-state index in [1.54, 1.807) is 0 Å². The third-order valence-corrected chi connectivity index (χ3v) is 10.7. The molecule has 2 N–H and O–H groups in total. The van der Waals surface area contributed by atoms with E-state index in [9.17, 15) is 9.59 Å². The summed E-state index contributed by atoms with van der Waals surface area (Å²) < 4.78 is 24.1. The Kier molecular flexibility index (Phi) is 10.5. The zero-order valence-corrected chi connectivity index (χ0v) is 28.7. The number of piperidine rings is 1. The number of rotatable bonds is 13. The Labute approximate surface area is 294 Å². The van der Waals surface area contributed by atoms with Gasteiger partial charge < -0.3 is 39.2 Å². The summed E-state index contributed by atoms with van der Waals surface area (Å²) in [5.41, 5.74) is 6.54. The van der Waals surface area contributed by atoms with E-state index in [1.807, 2.05) is 48.2 Å². The number of hydrogen-bond donors (Lipinski definition) is 2. The number of anilines is 1. The standard InChI is InChI=1S/C40H47N3O7/c1-2-49-38-33(15-21-47-23-24-48-22-20-44)35(32-14-8-13-31-30-12-7-6-9-28(30)25-34(31)32)26-36(50-38)37(45)42-18-16-40(17-19-42)39(46)41-27-43(40)29-10-4-3-5-11-29/h3-14,26,33,35,38,44H,2,15-25,27H2,1H3,(H,41,46)/t33-,35-,38-/m1/s1. The van der Waals surface area contributed by atoms with Crippen molar-refractivity contribution in [3.8, 4) is 11.1 Å². The van der Waals surface area contributed by atoms with E-state index < -0.39 is 11.8 Å². The highest BCUT2D eigenvalue weighted by Gasteiger charge is 2.51. The van der Waals surface area contributed by atoms with Crippen LogP contribution in [-0.2, 0) is 35.0 Å². The number of aliphatic hydroxyl groups is 1. The summed E-state index contributed by atoms with van der Waals surface area (Å²) in [6.07, 6.45) is 3.90. The molecular formula is C40H47N3O7. The van der Waals surface area contributed by atoms with Gasteiger partial charge in [-0.1, -0.05) is 60.7 Å². The Bertz CT molecular complexity index is 1690. The summed E-state index contributed by atoms with van der Waals surface area (Å²) in [7, 11) is 0. The Hall–Kier alpha value is -4.22. The minimum Gasteiger partial charge on any atom is -0.459 e. The second kappa shape index (κ2) is 15.3. The highest BCUT2D eigenvalue weighted by molar-refractivity contribution is 5.95. The molecule has 7 rings (SSSR count). The number of likely N-dealkylation sites (tertiary alicyclic amines) is 1. The smallest absolute Gasteiger partial charge is 0.288 e. The molecule has 10 heteroatoms. The van der Waals surface area contributed by atoms with Gasteiger partial charge in [0, 0.05) is 43.8 Å². The summed E-state index contributed by atoms with van der Waals surface area (Å²) >= 11 is 0. The molecule has 0 bridgehead atoms. The monoisotopic (exact) mass is 681 g/mol. The minimum atomic E-state index is -0.690. The lowest BCUT2D eigenvalue weighted by atomic mass is 9.78. The Morgan fingerprint density at radius 2 is 1.68 bits per heavy atom. The third kappa shape index (κ3) is 6.65. The van der Waals surface area contributed by atoms with Crippen molar-refractivity contribution in [1.29, 1.82) is 0 Å². The van der Waals surface area contributed by atoms with Gasteiger partial charge in [0.2, 0.25) is 12.2 Å². The number of allylic oxidation sites excluding steroid dienone is 1. The largest absolute Gasteiger partial charge is 0.459 e. The average Bonchev–Trinajstić information content (AvgIpc) is 3.69. The first-order chi connectivity index (χ1) is 24.5. The molecule has 2 fully saturated rings. The van der Waals surface area contributed by atoms with Crippen LogP contribution in [0.25, 0.3) is 11.1 Å².